The van der Waals surface area contributed by atoms with Gasteiger partial charge in [0.15, 0.2) is 0 Å². The molecule has 0 spiro atoms. The van der Waals surface area contributed by atoms with Crippen LogP contribution in [0.2, 0.25) is 15.1 Å². The Kier molecular flexibility index (Phi) is 7.12. The summed E-state index contributed by atoms with van der Waals surface area (Å²) in [4.78, 5) is 23.7. The number of alkyl halides is 3. The molecule has 0 bridgehead atoms. The van der Waals surface area contributed by atoms with E-state index in [1.165, 1.54) is 0 Å². The SMILES string of the molecule is O=C(N/N=C\c1ccc(-c2cc(Cl)cc(Cl)c2)o1)C(=O)Nc1ccc(Cl)c(C(F)(F)F)c1. The average Bonchev–Trinajstić information content (AvgIpc) is 3.16. The van der Waals surface area contributed by atoms with Crippen molar-refractivity contribution in [3.8, 4) is 11.3 Å². The lowest BCUT2D eigenvalue weighted by molar-refractivity contribution is -0.137. The van der Waals surface area contributed by atoms with Crippen LogP contribution >= 0.6 is 34.8 Å². The molecule has 2 amide bonds. The van der Waals surface area contributed by atoms with Gasteiger partial charge in [0.05, 0.1) is 16.8 Å². The van der Waals surface area contributed by atoms with E-state index in [1.807, 2.05) is 10.7 Å². The molecule has 0 atom stereocenters. The van der Waals surface area contributed by atoms with Gasteiger partial charge in [0, 0.05) is 21.3 Å². The number of hydrazone groups is 1. The quantitative estimate of drug-likeness (QED) is 0.259. The van der Waals surface area contributed by atoms with E-state index in [0.29, 0.717) is 27.4 Å². The van der Waals surface area contributed by atoms with Crippen molar-refractivity contribution in [1.82, 2.24) is 5.43 Å². The molecular formula is C20H11Cl3F3N3O3. The normalized spacial score (nSPS) is 11.6. The molecule has 1 aromatic heterocycles. The number of carbonyl (C=O) groups is 2. The number of anilines is 1. The topological polar surface area (TPSA) is 83.7 Å². The van der Waals surface area contributed by atoms with E-state index in [0.717, 1.165) is 18.3 Å². The van der Waals surface area contributed by atoms with E-state index in [9.17, 15) is 22.8 Å². The van der Waals surface area contributed by atoms with Crippen LogP contribution in [-0.4, -0.2) is 18.0 Å². The largest absolute Gasteiger partial charge is 0.455 e. The second-order valence-electron chi connectivity index (χ2n) is 6.21. The number of hydrogen-bond donors (Lipinski definition) is 2. The standard InChI is InChI=1S/C20H11Cl3F3N3O3/c21-11-5-10(6-12(22)7-11)17-4-2-14(32-17)9-27-29-19(31)18(30)28-13-1-3-16(23)15(8-13)20(24,25)26/h1-9H,(H,28,30)(H,29,31)/b27-9-. The van der Waals surface area contributed by atoms with Gasteiger partial charge in [-0.3, -0.25) is 9.59 Å². The van der Waals surface area contributed by atoms with Gasteiger partial charge < -0.3 is 9.73 Å². The molecule has 0 unspecified atom stereocenters. The van der Waals surface area contributed by atoms with Crippen molar-refractivity contribution in [3.05, 3.63) is 74.9 Å². The van der Waals surface area contributed by atoms with Crippen LogP contribution < -0.4 is 10.7 Å². The molecule has 0 aliphatic carbocycles. The van der Waals surface area contributed by atoms with Crippen molar-refractivity contribution in [1.29, 1.82) is 0 Å². The van der Waals surface area contributed by atoms with Crippen LogP contribution in [0.3, 0.4) is 0 Å². The molecule has 0 aliphatic rings. The third-order valence-corrected chi connectivity index (χ3v) is 4.63. The van der Waals surface area contributed by atoms with Gasteiger partial charge in [0.1, 0.15) is 11.5 Å². The second kappa shape index (κ2) is 9.64. The minimum Gasteiger partial charge on any atom is -0.455 e. The second-order valence-corrected chi connectivity index (χ2v) is 7.49. The Bertz CT molecular complexity index is 1190. The Labute approximate surface area is 193 Å². The molecule has 0 aliphatic heterocycles. The first-order valence-corrected chi connectivity index (χ1v) is 9.74. The van der Waals surface area contributed by atoms with Gasteiger partial charge in [-0.15, -0.1) is 0 Å². The molecule has 6 nitrogen and oxygen atoms in total. The number of nitrogens with zero attached hydrogens (tertiary/aromatic N) is 1. The van der Waals surface area contributed by atoms with E-state index < -0.39 is 28.6 Å². The lowest BCUT2D eigenvalue weighted by Crippen LogP contribution is -2.32. The zero-order chi connectivity index (χ0) is 23.5. The summed E-state index contributed by atoms with van der Waals surface area (Å²) in [5.74, 6) is -1.77. The van der Waals surface area contributed by atoms with Crippen LogP contribution in [0.1, 0.15) is 11.3 Å². The predicted molar refractivity (Wildman–Crippen MR) is 115 cm³/mol. The van der Waals surface area contributed by atoms with E-state index in [1.54, 1.807) is 30.3 Å². The first kappa shape index (κ1) is 23.6. The predicted octanol–water partition coefficient (Wildman–Crippen LogP) is 6.01. The molecule has 0 saturated carbocycles. The van der Waals surface area contributed by atoms with Gasteiger partial charge >= 0.3 is 18.0 Å². The monoisotopic (exact) mass is 503 g/mol. The van der Waals surface area contributed by atoms with Crippen molar-refractivity contribution in [2.75, 3.05) is 5.32 Å². The number of carbonyl (C=O) groups excluding carboxylic acids is 2. The summed E-state index contributed by atoms with van der Waals surface area (Å²) >= 11 is 17.4. The number of rotatable bonds is 4. The van der Waals surface area contributed by atoms with Gasteiger partial charge in [-0.1, -0.05) is 34.8 Å². The molecule has 32 heavy (non-hydrogen) atoms. The first-order valence-electron chi connectivity index (χ1n) is 8.60. The summed E-state index contributed by atoms with van der Waals surface area (Å²) in [5, 5.41) is 5.91. The molecule has 2 aromatic carbocycles. The van der Waals surface area contributed by atoms with Crippen LogP contribution in [0.4, 0.5) is 18.9 Å². The molecule has 3 rings (SSSR count). The van der Waals surface area contributed by atoms with Gasteiger partial charge in [-0.05, 0) is 48.5 Å². The highest BCUT2D eigenvalue weighted by Gasteiger charge is 2.33. The molecule has 0 fully saturated rings. The van der Waals surface area contributed by atoms with Crippen molar-refractivity contribution in [2.45, 2.75) is 6.18 Å². The average molecular weight is 505 g/mol. The smallest absolute Gasteiger partial charge is 0.417 e. The number of amides is 2. The first-order chi connectivity index (χ1) is 15.0. The minimum atomic E-state index is -4.72. The lowest BCUT2D eigenvalue weighted by Gasteiger charge is -2.11. The van der Waals surface area contributed by atoms with Crippen molar-refractivity contribution in [3.63, 3.8) is 0 Å². The highest BCUT2D eigenvalue weighted by molar-refractivity contribution is 6.39. The number of nitrogens with one attached hydrogen (secondary N) is 2. The third kappa shape index (κ3) is 6.03. The Morgan fingerprint density at radius 3 is 2.28 bits per heavy atom. The Morgan fingerprint density at radius 1 is 0.938 bits per heavy atom. The van der Waals surface area contributed by atoms with Crippen molar-refractivity contribution < 1.29 is 27.2 Å². The zero-order valence-corrected chi connectivity index (χ0v) is 17.9. The van der Waals surface area contributed by atoms with Crippen LogP contribution in [0.15, 0.2) is 58.0 Å². The van der Waals surface area contributed by atoms with Crippen molar-refractivity contribution in [2.24, 2.45) is 5.10 Å². The maximum Gasteiger partial charge on any atom is 0.417 e. The maximum absolute atomic E-state index is 12.9. The summed E-state index contributed by atoms with van der Waals surface area (Å²) in [6.07, 6.45) is -3.59. The van der Waals surface area contributed by atoms with Crippen LogP contribution in [0.5, 0.6) is 0 Å². The summed E-state index contributed by atoms with van der Waals surface area (Å²) in [6, 6.07) is 10.7. The van der Waals surface area contributed by atoms with Gasteiger partial charge in [-0.25, -0.2) is 5.43 Å². The van der Waals surface area contributed by atoms with E-state index in [2.05, 4.69) is 5.10 Å². The molecule has 0 radical (unpaired) electrons. The van der Waals surface area contributed by atoms with E-state index in [-0.39, 0.29) is 11.4 Å². The maximum atomic E-state index is 12.9. The van der Waals surface area contributed by atoms with Crippen LogP contribution in [0, 0.1) is 0 Å². The number of benzene rings is 2. The summed E-state index contributed by atoms with van der Waals surface area (Å²) in [5.41, 5.74) is 1.15. The van der Waals surface area contributed by atoms with E-state index in [4.69, 9.17) is 39.2 Å². The van der Waals surface area contributed by atoms with E-state index >= 15 is 0 Å². The minimum absolute atomic E-state index is 0.240. The molecule has 12 heteroatoms. The number of halogens is 6. The zero-order valence-electron chi connectivity index (χ0n) is 15.6. The summed E-state index contributed by atoms with van der Waals surface area (Å²) < 4.78 is 44.2. The molecular weight excluding hydrogens is 494 g/mol. The fraction of sp³-hybridized carbons (Fsp3) is 0.0500. The number of hydrogen-bond acceptors (Lipinski definition) is 4. The molecule has 166 valence electrons. The highest BCUT2D eigenvalue weighted by Crippen LogP contribution is 2.36. The van der Waals surface area contributed by atoms with Gasteiger partial charge in [0.25, 0.3) is 0 Å². The van der Waals surface area contributed by atoms with Crippen molar-refractivity contribution >= 4 is 58.5 Å². The third-order valence-electron chi connectivity index (χ3n) is 3.87. The van der Waals surface area contributed by atoms with Gasteiger partial charge in [0.2, 0.25) is 0 Å². The Balaban J connectivity index is 1.61. The molecule has 3 aromatic rings. The van der Waals surface area contributed by atoms with Crippen LogP contribution in [-0.2, 0) is 15.8 Å². The van der Waals surface area contributed by atoms with Gasteiger partial charge in [-0.2, -0.15) is 18.3 Å². The molecule has 1 heterocycles. The molecule has 0 saturated heterocycles. The van der Waals surface area contributed by atoms with Crippen LogP contribution in [0.25, 0.3) is 11.3 Å². The fourth-order valence-corrected chi connectivity index (χ4v) is 3.24. The highest BCUT2D eigenvalue weighted by atomic mass is 35.5. The molecule has 2 N–H and O–H groups in total. The summed E-state index contributed by atoms with van der Waals surface area (Å²) in [7, 11) is 0. The Hall–Kier alpha value is -3.01. The number of furan rings is 1. The fourth-order valence-electron chi connectivity index (χ4n) is 2.49. The Morgan fingerprint density at radius 2 is 1.62 bits per heavy atom. The lowest BCUT2D eigenvalue weighted by atomic mass is 10.2. The summed E-state index contributed by atoms with van der Waals surface area (Å²) in [6.45, 7) is 0.